The predicted molar refractivity (Wildman–Crippen MR) is 405 cm³/mol. The van der Waals surface area contributed by atoms with Crippen molar-refractivity contribution in [1.29, 1.82) is 0 Å². The number of carboxylic acids is 2. The minimum absolute atomic E-state index is 0.00765. The number of aliphatic carboxylic acids is 2. The summed E-state index contributed by atoms with van der Waals surface area (Å²) in [6.07, 6.45) is 1.20. The molecule has 0 radical (unpaired) electrons. The highest BCUT2D eigenvalue weighted by atomic mass is 32.2. The summed E-state index contributed by atoms with van der Waals surface area (Å²) in [5.74, 6) is -14.7. The molecular weight excluding hydrogens is 1450 g/mol. The van der Waals surface area contributed by atoms with E-state index in [2.05, 4.69) is 79.8 Å². The summed E-state index contributed by atoms with van der Waals surface area (Å²) in [7, 11) is 0. The second-order valence-corrected chi connectivity index (χ2v) is 29.0. The van der Waals surface area contributed by atoms with Gasteiger partial charge in [-0.2, -0.15) is 11.8 Å². The van der Waals surface area contributed by atoms with E-state index < -0.39 is 206 Å². The zero-order valence-electron chi connectivity index (χ0n) is 64.7. The number of hydrogen-bond acceptors (Lipinski definition) is 25. The van der Waals surface area contributed by atoms with Crippen molar-refractivity contribution in [2.45, 2.75) is 256 Å². The van der Waals surface area contributed by atoms with Crippen molar-refractivity contribution < 1.29 is 92.0 Å². The highest BCUT2D eigenvalue weighted by molar-refractivity contribution is 7.98. The Labute approximate surface area is 642 Å². The van der Waals surface area contributed by atoms with Crippen molar-refractivity contribution in [2.24, 2.45) is 52.2 Å². The third kappa shape index (κ3) is 44.7. The van der Waals surface area contributed by atoms with Crippen LogP contribution in [0, 0.1) is 17.8 Å². The molecule has 40 nitrogen and oxygen atoms in total. The van der Waals surface area contributed by atoms with Crippen molar-refractivity contribution >= 4 is 106 Å². The first-order valence-corrected chi connectivity index (χ1v) is 38.5. The maximum atomic E-state index is 14.5. The van der Waals surface area contributed by atoms with Gasteiger partial charge in [-0.25, -0.2) is 0 Å². The van der Waals surface area contributed by atoms with Crippen molar-refractivity contribution in [1.82, 2.24) is 79.8 Å². The quantitative estimate of drug-likeness (QED) is 0.0199. The van der Waals surface area contributed by atoms with Crippen LogP contribution < -0.4 is 114 Å². The number of thioether (sulfide) groups is 1. The average Bonchev–Trinajstić information content (AvgIpc) is 0.862. The lowest BCUT2D eigenvalue weighted by molar-refractivity contribution is -0.139. The molecule has 0 aliphatic carbocycles. The van der Waals surface area contributed by atoms with Gasteiger partial charge in [0.15, 0.2) is 0 Å². The maximum absolute atomic E-state index is 14.5. The summed E-state index contributed by atoms with van der Waals surface area (Å²) in [5.41, 5.74) is 34.5. The van der Waals surface area contributed by atoms with E-state index in [-0.39, 0.29) is 108 Å². The zero-order chi connectivity index (χ0) is 83.0. The number of amides is 14. The molecule has 0 aromatic heterocycles. The van der Waals surface area contributed by atoms with Gasteiger partial charge in [-0.15, -0.1) is 0 Å². The van der Waals surface area contributed by atoms with E-state index in [1.165, 1.54) is 32.5 Å². The fraction of sp³-hybridized carbons (Fsp3) is 0.765. The van der Waals surface area contributed by atoms with Crippen molar-refractivity contribution in [2.75, 3.05) is 57.8 Å². The fourth-order valence-corrected chi connectivity index (χ4v) is 11.1. The number of carbonyl (C=O) groups excluding carboxylic acids is 14. The van der Waals surface area contributed by atoms with Crippen LogP contribution in [0.4, 0.5) is 0 Å². The lowest BCUT2D eigenvalue weighted by Gasteiger charge is -2.28. The number of aliphatic hydroxyl groups excluding tert-OH is 1. The molecule has 0 aromatic carbocycles. The van der Waals surface area contributed by atoms with Crippen molar-refractivity contribution in [3.63, 3.8) is 0 Å². The van der Waals surface area contributed by atoms with Crippen LogP contribution in [0.1, 0.15) is 171 Å². The average molecular weight is 1570 g/mol. The third-order valence-corrected chi connectivity index (χ3v) is 17.2. The molecule has 41 heteroatoms. The van der Waals surface area contributed by atoms with E-state index in [9.17, 15) is 86.9 Å². The number of carbonyl (C=O) groups is 16. The molecule has 0 saturated carbocycles. The zero-order valence-corrected chi connectivity index (χ0v) is 65.6. The molecule has 0 rings (SSSR count). The predicted octanol–water partition coefficient (Wildman–Crippen LogP) is -6.79. The summed E-state index contributed by atoms with van der Waals surface area (Å²) in [6, 6.07) is -16.0. The molecule has 0 aliphatic rings. The van der Waals surface area contributed by atoms with Crippen LogP contribution in [-0.4, -0.2) is 253 Å². The Bertz CT molecular complexity index is 2920. The molecule has 0 aliphatic heterocycles. The third-order valence-electron chi connectivity index (χ3n) is 16.6. The Balaban J connectivity index is 6.64. The number of unbranched alkanes of at least 4 members (excludes halogenated alkanes) is 3. The van der Waals surface area contributed by atoms with Crippen LogP contribution >= 0.6 is 11.8 Å². The van der Waals surface area contributed by atoms with Crippen LogP contribution in [0.5, 0.6) is 0 Å². The number of nitrogens with one attached hydrogen (secondary N) is 15. The molecule has 0 unspecified atom stereocenters. The largest absolute Gasteiger partial charge is 0.481 e. The molecule has 30 N–H and O–H groups in total. The van der Waals surface area contributed by atoms with Crippen LogP contribution in [0.15, 0.2) is 0 Å². The molecule has 0 spiro atoms. The van der Waals surface area contributed by atoms with E-state index >= 15 is 0 Å². The Morgan fingerprint density at radius 3 is 1.09 bits per heavy atom. The number of rotatable bonds is 59. The SMILES string of the molecule is CSCC[C@H](NC(=O)CNC(=O)[C@H](C)NC(=O)[C@@H](N)CCC(=O)O)C(=O)N[C@H](C(=O)N[C@@H](CC(C)C)C(=O)NCC(=O)N[C@@H](C)C(=O)N[C@@H](CCCNC(N)N)C(=O)N[C@@H](CCCCN)C(=O)N[C@@H](CC(C)C)C(=O)N[C@@H](CCCCN)C(=O)N[C@@H](CCCCN)C(=O)N[C@@H](CC(C)C)C(=O)NCC(=O)O)[C@@H](C)O. The van der Waals surface area contributed by atoms with Gasteiger partial charge < -0.3 is 124 Å². The lowest BCUT2D eigenvalue weighted by atomic mass is 10.00. The van der Waals surface area contributed by atoms with E-state index in [0.29, 0.717) is 44.3 Å². The molecule has 109 heavy (non-hydrogen) atoms. The van der Waals surface area contributed by atoms with E-state index in [0.717, 1.165) is 0 Å². The Morgan fingerprint density at radius 2 is 0.697 bits per heavy atom. The second-order valence-electron chi connectivity index (χ2n) is 28.0. The number of nitrogens with two attached hydrogens (primary N) is 6. The van der Waals surface area contributed by atoms with Gasteiger partial charge in [0.25, 0.3) is 0 Å². The summed E-state index contributed by atoms with van der Waals surface area (Å²) in [4.78, 5) is 214. The van der Waals surface area contributed by atoms with Gasteiger partial charge in [-0.1, -0.05) is 41.5 Å². The molecule has 0 heterocycles. The van der Waals surface area contributed by atoms with Gasteiger partial charge >= 0.3 is 11.9 Å². The topological polar surface area (TPSA) is 670 Å². The minimum atomic E-state index is -1.71. The molecule has 0 fully saturated rings. The number of aliphatic hydroxyl groups is 1. The standard InChI is InChI=1S/C68H127N21O19S/c1-36(2)30-48(60(101)78-35-54(95)96)86-63(104)44(19-12-15-26-70)83-61(102)43(18-11-14-25-69)85-66(107)50(32-38(5)6)87-64(105)45(20-13-16-27-71)84-62(103)46(21-17-28-75-68(73)74)82-57(98)40(8)79-51(91)33-77-59(100)49(31-37(3)4)88-67(108)55(41(9)90)89-65(106)47(24-29-109-10)81-52(92)34-76-56(97)39(7)80-58(99)42(72)22-23-53(93)94/h36-50,55,68,75,90H,11-35,69-74H2,1-10H3,(H,76,97)(H,77,100)(H,78,101)(H,79,91)(H,80,99)(H,81,92)(H,82,98)(H,83,102)(H,84,103)(H,85,107)(H,86,104)(H,87,105)(H,88,108)(H,89,106)(H,93,94)(H,95,96)/t39-,40-,41+,42-,43-,44-,45-,46-,47-,48-,49-,50-,55-/m0/s1. The molecule has 0 aromatic rings. The van der Waals surface area contributed by atoms with Crippen LogP contribution in [-0.2, 0) is 76.7 Å². The summed E-state index contributed by atoms with van der Waals surface area (Å²) < 4.78 is 0. The Hall–Kier alpha value is -8.45. The first kappa shape index (κ1) is 101. The highest BCUT2D eigenvalue weighted by Gasteiger charge is 2.37. The molecule has 13 atom stereocenters. The number of carboxylic acid groups (broad SMARTS) is 2. The molecule has 14 amide bonds. The van der Waals surface area contributed by atoms with Gasteiger partial charge in [-0.3, -0.25) is 82.0 Å². The van der Waals surface area contributed by atoms with E-state index in [1.54, 1.807) is 47.8 Å². The first-order valence-electron chi connectivity index (χ1n) is 37.1. The van der Waals surface area contributed by atoms with Crippen LogP contribution in [0.2, 0.25) is 0 Å². The second kappa shape index (κ2) is 55.9. The minimum Gasteiger partial charge on any atom is -0.481 e. The maximum Gasteiger partial charge on any atom is 0.322 e. The van der Waals surface area contributed by atoms with Crippen molar-refractivity contribution in [3.05, 3.63) is 0 Å². The first-order chi connectivity index (χ1) is 51.2. The molecule has 0 saturated heterocycles. The van der Waals surface area contributed by atoms with Crippen LogP contribution in [0.3, 0.4) is 0 Å². The normalized spacial score (nSPS) is 14.9. The van der Waals surface area contributed by atoms with Crippen molar-refractivity contribution in [3.8, 4) is 0 Å². The molecular formula is C68H127N21O19S. The lowest BCUT2D eigenvalue weighted by Crippen LogP contribution is -2.60. The Kier molecular flexibility index (Phi) is 51.5. The van der Waals surface area contributed by atoms with Gasteiger partial charge in [0.1, 0.15) is 79.3 Å². The van der Waals surface area contributed by atoms with Crippen LogP contribution in [0.25, 0.3) is 0 Å². The summed E-state index contributed by atoms with van der Waals surface area (Å²) in [5, 5.41) is 66.9. The highest BCUT2D eigenvalue weighted by Crippen LogP contribution is 2.14. The molecule has 0 bridgehead atoms. The van der Waals surface area contributed by atoms with Gasteiger partial charge in [0.05, 0.1) is 25.2 Å². The van der Waals surface area contributed by atoms with Gasteiger partial charge in [0, 0.05) is 6.42 Å². The Morgan fingerprint density at radius 1 is 0.349 bits per heavy atom. The fourth-order valence-electron chi connectivity index (χ4n) is 10.6. The summed E-state index contributed by atoms with van der Waals surface area (Å²) >= 11 is 1.31. The monoisotopic (exact) mass is 1570 g/mol. The van der Waals surface area contributed by atoms with Gasteiger partial charge in [-0.05, 0) is 179 Å². The number of hydrogen-bond donors (Lipinski definition) is 24. The van der Waals surface area contributed by atoms with E-state index in [1.807, 2.05) is 0 Å². The summed E-state index contributed by atoms with van der Waals surface area (Å²) in [6.45, 7) is 13.1. The van der Waals surface area contributed by atoms with E-state index in [4.69, 9.17) is 39.5 Å². The molecule has 624 valence electrons. The smallest absolute Gasteiger partial charge is 0.322 e. The van der Waals surface area contributed by atoms with Gasteiger partial charge in [0.2, 0.25) is 82.7 Å².